The molecule has 2 nitrogen and oxygen atoms in total. The van der Waals surface area contributed by atoms with Gasteiger partial charge in [0.15, 0.2) is 0 Å². The SMILES string of the molecule is CC1(C)c2ccccc2-c2cc(-c3ccc(N(c4ccc(-c5ccc6oc7c(c6c5)CCC=C7)cc4)c4cccc(-c5ccccc5)c4)cc3)ccc21. The molecule has 0 atom stereocenters. The lowest BCUT2D eigenvalue weighted by molar-refractivity contribution is 0.595. The van der Waals surface area contributed by atoms with Gasteiger partial charge < -0.3 is 9.32 Å². The van der Waals surface area contributed by atoms with Gasteiger partial charge >= 0.3 is 0 Å². The number of nitrogens with zero attached hydrogens (tertiary/aromatic N) is 1. The Kier molecular flexibility index (Phi) is 7.33. The van der Waals surface area contributed by atoms with E-state index in [2.05, 4.69) is 195 Å². The zero-order valence-electron chi connectivity index (χ0n) is 30.0. The van der Waals surface area contributed by atoms with Gasteiger partial charge in [0.05, 0.1) is 0 Å². The topological polar surface area (TPSA) is 16.4 Å². The zero-order chi connectivity index (χ0) is 35.5. The van der Waals surface area contributed by atoms with Crippen LogP contribution in [0.5, 0.6) is 0 Å². The Balaban J connectivity index is 1.03. The summed E-state index contributed by atoms with van der Waals surface area (Å²) >= 11 is 0. The van der Waals surface area contributed by atoms with Crippen LogP contribution < -0.4 is 4.90 Å². The molecule has 7 aromatic carbocycles. The average molecular weight is 682 g/mol. The highest BCUT2D eigenvalue weighted by Crippen LogP contribution is 2.49. The number of hydrogen-bond donors (Lipinski definition) is 0. The van der Waals surface area contributed by atoms with E-state index in [0.29, 0.717) is 0 Å². The number of anilines is 3. The number of fused-ring (bicyclic) bond motifs is 6. The van der Waals surface area contributed by atoms with Gasteiger partial charge in [-0.15, -0.1) is 0 Å². The molecule has 0 amide bonds. The lowest BCUT2D eigenvalue weighted by atomic mass is 9.82. The van der Waals surface area contributed by atoms with E-state index in [1.54, 1.807) is 0 Å². The summed E-state index contributed by atoms with van der Waals surface area (Å²) in [4.78, 5) is 2.36. The quantitative estimate of drug-likeness (QED) is 0.174. The predicted octanol–water partition coefficient (Wildman–Crippen LogP) is 14.2. The fraction of sp³-hybridized carbons (Fsp3) is 0.0980. The van der Waals surface area contributed by atoms with Crippen molar-refractivity contribution in [3.05, 3.63) is 192 Å². The molecule has 0 N–H and O–H groups in total. The molecule has 8 aromatic rings. The number of hydrogen-bond acceptors (Lipinski definition) is 2. The Morgan fingerprint density at radius 1 is 0.491 bits per heavy atom. The first-order valence-corrected chi connectivity index (χ1v) is 18.6. The van der Waals surface area contributed by atoms with Gasteiger partial charge in [-0.2, -0.15) is 0 Å². The van der Waals surface area contributed by atoms with E-state index in [0.717, 1.165) is 41.2 Å². The fourth-order valence-electron chi connectivity index (χ4n) is 8.57. The van der Waals surface area contributed by atoms with Crippen molar-refractivity contribution in [1.82, 2.24) is 0 Å². The number of allylic oxidation sites excluding steroid dienone is 1. The highest BCUT2D eigenvalue weighted by atomic mass is 16.3. The first-order valence-electron chi connectivity index (χ1n) is 18.6. The van der Waals surface area contributed by atoms with Gasteiger partial charge in [0.1, 0.15) is 11.3 Å². The molecular weight excluding hydrogens is 643 g/mol. The summed E-state index contributed by atoms with van der Waals surface area (Å²) in [5, 5.41) is 1.22. The summed E-state index contributed by atoms with van der Waals surface area (Å²) < 4.78 is 6.16. The molecule has 2 heteroatoms. The molecule has 0 spiro atoms. The second kappa shape index (κ2) is 12.4. The Bertz CT molecular complexity index is 2680. The lowest BCUT2D eigenvalue weighted by Gasteiger charge is -2.26. The Morgan fingerprint density at radius 2 is 1.09 bits per heavy atom. The van der Waals surface area contributed by atoms with E-state index < -0.39 is 0 Å². The second-order valence-electron chi connectivity index (χ2n) is 14.9. The van der Waals surface area contributed by atoms with Gasteiger partial charge in [0.25, 0.3) is 0 Å². The van der Waals surface area contributed by atoms with Crippen LogP contribution in [0.2, 0.25) is 0 Å². The fourth-order valence-corrected chi connectivity index (χ4v) is 8.57. The molecule has 0 saturated heterocycles. The third-order valence-electron chi connectivity index (χ3n) is 11.4. The van der Waals surface area contributed by atoms with Crippen molar-refractivity contribution in [2.75, 3.05) is 4.90 Å². The summed E-state index contributed by atoms with van der Waals surface area (Å²) in [5.41, 5.74) is 18.3. The molecule has 53 heavy (non-hydrogen) atoms. The zero-order valence-corrected chi connectivity index (χ0v) is 30.0. The Hall–Kier alpha value is -6.38. The molecule has 1 heterocycles. The first kappa shape index (κ1) is 31.4. The highest BCUT2D eigenvalue weighted by molar-refractivity contribution is 5.90. The minimum absolute atomic E-state index is 0.00167. The van der Waals surface area contributed by atoms with Gasteiger partial charge in [-0.3, -0.25) is 0 Å². The van der Waals surface area contributed by atoms with Gasteiger partial charge in [0.2, 0.25) is 0 Å². The third-order valence-corrected chi connectivity index (χ3v) is 11.4. The van der Waals surface area contributed by atoms with Crippen molar-refractivity contribution < 1.29 is 4.42 Å². The molecule has 0 unspecified atom stereocenters. The molecule has 0 fully saturated rings. The Morgan fingerprint density at radius 3 is 1.87 bits per heavy atom. The van der Waals surface area contributed by atoms with Gasteiger partial charge in [-0.1, -0.05) is 129 Å². The molecule has 2 aliphatic carbocycles. The van der Waals surface area contributed by atoms with Gasteiger partial charge in [-0.05, 0) is 129 Å². The predicted molar refractivity (Wildman–Crippen MR) is 222 cm³/mol. The summed E-state index contributed by atoms with van der Waals surface area (Å²) in [5.74, 6) is 1.00. The van der Waals surface area contributed by atoms with Crippen LogP contribution in [-0.4, -0.2) is 0 Å². The van der Waals surface area contributed by atoms with Crippen LogP contribution in [0, 0.1) is 0 Å². The maximum Gasteiger partial charge on any atom is 0.135 e. The summed E-state index contributed by atoms with van der Waals surface area (Å²) in [6.07, 6.45) is 6.40. The Labute approximate surface area is 311 Å². The molecule has 0 radical (unpaired) electrons. The maximum atomic E-state index is 6.16. The molecular formula is C51H39NO. The van der Waals surface area contributed by atoms with Crippen LogP contribution in [0.4, 0.5) is 17.1 Å². The van der Waals surface area contributed by atoms with E-state index in [4.69, 9.17) is 4.42 Å². The highest BCUT2D eigenvalue weighted by Gasteiger charge is 2.35. The van der Waals surface area contributed by atoms with Crippen LogP contribution >= 0.6 is 0 Å². The molecule has 0 saturated carbocycles. The summed E-state index contributed by atoms with van der Waals surface area (Å²) in [7, 11) is 0. The van der Waals surface area contributed by atoms with Gasteiger partial charge in [-0.25, -0.2) is 0 Å². The summed E-state index contributed by atoms with van der Waals surface area (Å²) in [6, 6.07) is 59.9. The van der Waals surface area contributed by atoms with Crippen molar-refractivity contribution in [2.45, 2.75) is 32.1 Å². The van der Waals surface area contributed by atoms with Crippen LogP contribution in [0.25, 0.3) is 61.6 Å². The smallest absolute Gasteiger partial charge is 0.135 e. The molecule has 254 valence electrons. The molecule has 2 aliphatic rings. The van der Waals surface area contributed by atoms with Crippen molar-refractivity contribution in [3.8, 4) is 44.5 Å². The lowest BCUT2D eigenvalue weighted by Crippen LogP contribution is -2.14. The van der Waals surface area contributed by atoms with Crippen LogP contribution in [0.1, 0.15) is 42.7 Å². The monoisotopic (exact) mass is 681 g/mol. The molecule has 1 aromatic heterocycles. The first-order chi connectivity index (χ1) is 26.0. The number of benzene rings is 7. The number of aryl methyl sites for hydroxylation is 1. The molecule has 10 rings (SSSR count). The largest absolute Gasteiger partial charge is 0.456 e. The third kappa shape index (κ3) is 5.33. The van der Waals surface area contributed by atoms with E-state index in [1.807, 2.05) is 0 Å². The van der Waals surface area contributed by atoms with E-state index >= 15 is 0 Å². The number of furan rings is 1. The molecule has 0 aliphatic heterocycles. The van der Waals surface area contributed by atoms with Crippen LogP contribution in [0.15, 0.2) is 174 Å². The second-order valence-corrected chi connectivity index (χ2v) is 14.9. The minimum atomic E-state index is 0.00167. The van der Waals surface area contributed by atoms with Crippen LogP contribution in [-0.2, 0) is 11.8 Å². The number of rotatable bonds is 6. The van der Waals surface area contributed by atoms with E-state index in [-0.39, 0.29) is 5.41 Å². The summed E-state index contributed by atoms with van der Waals surface area (Å²) in [6.45, 7) is 4.67. The van der Waals surface area contributed by atoms with Crippen molar-refractivity contribution in [1.29, 1.82) is 0 Å². The van der Waals surface area contributed by atoms with E-state index in [9.17, 15) is 0 Å². The van der Waals surface area contributed by atoms with Crippen molar-refractivity contribution in [3.63, 3.8) is 0 Å². The van der Waals surface area contributed by atoms with Gasteiger partial charge in [0, 0.05) is 33.4 Å². The maximum absolute atomic E-state index is 6.16. The normalized spacial score (nSPS) is 13.8. The standard InChI is InChI=1S/C51H39NO/c1-51(2)47-17-8-6-15-43(47)45-32-38(23-29-48(45)51)35-19-25-40(26-20-35)52(42-14-10-13-37(31-42)34-11-4-3-5-12-34)41-27-21-36(22-28-41)39-24-30-50-46(33-39)44-16-7-9-18-49(44)53-50/h3-6,8-15,17-33H,7,16H2,1-2H3. The van der Waals surface area contributed by atoms with Crippen molar-refractivity contribution >= 4 is 34.1 Å². The van der Waals surface area contributed by atoms with Crippen LogP contribution in [0.3, 0.4) is 0 Å². The van der Waals surface area contributed by atoms with E-state index in [1.165, 1.54) is 66.6 Å². The average Bonchev–Trinajstić information content (AvgIpc) is 3.70. The molecule has 0 bridgehead atoms. The van der Waals surface area contributed by atoms with Crippen molar-refractivity contribution in [2.24, 2.45) is 0 Å². The minimum Gasteiger partial charge on any atom is -0.456 e.